The van der Waals surface area contributed by atoms with Gasteiger partial charge in [-0.3, -0.25) is 0 Å². The maximum Gasteiger partial charge on any atom is 0.491 e. The van der Waals surface area contributed by atoms with E-state index in [-0.39, 0.29) is 9.46 Å². The summed E-state index contributed by atoms with van der Waals surface area (Å²) in [5.41, 5.74) is 8.80. The number of nitrogens with two attached hydrogens (primary N) is 2. The van der Waals surface area contributed by atoms with E-state index in [1.165, 1.54) is 0 Å². The zero-order chi connectivity index (χ0) is 12.2. The molecule has 0 saturated heterocycles. The maximum absolute atomic E-state index is 10.6. The van der Waals surface area contributed by atoms with Crippen LogP contribution in [0.25, 0.3) is 0 Å². The van der Waals surface area contributed by atoms with Gasteiger partial charge in [0.1, 0.15) is 0 Å². The molecule has 0 fully saturated rings. The molecule has 1 aromatic rings. The van der Waals surface area contributed by atoms with Crippen molar-refractivity contribution in [3.05, 3.63) is 25.8 Å². The Morgan fingerprint density at radius 2 is 1.87 bits per heavy atom. The molecule has 0 atom stereocenters. The van der Waals surface area contributed by atoms with Crippen molar-refractivity contribution in [2.24, 2.45) is 0 Å². The van der Waals surface area contributed by atoms with Crippen molar-refractivity contribution in [1.29, 1.82) is 0 Å². The lowest BCUT2D eigenvalue weighted by Gasteiger charge is -1.94. The number of hydrogen-bond acceptors (Lipinski definition) is 9. The van der Waals surface area contributed by atoms with Gasteiger partial charge in [0.05, 0.1) is 5.09 Å². The Kier molecular flexibility index (Phi) is 3.62. The monoisotopic (exact) mass is 222 g/mol. The number of rotatable bonds is 0. The van der Waals surface area contributed by atoms with Crippen molar-refractivity contribution in [3.63, 3.8) is 0 Å². The summed E-state index contributed by atoms with van der Waals surface area (Å²) in [5, 5.41) is 32.1. The standard InChI is InChI=1S/C3H5N5O3.NO3/c4-1-6-2(5)8(11)3(9)7(1)10;2-1(3)4/h10-11H,(H3,4,5,6);/q;-1/p+1. The molecule has 0 saturated carbocycles. The Morgan fingerprint density at radius 1 is 1.47 bits per heavy atom. The molecule has 1 heterocycles. The van der Waals surface area contributed by atoms with E-state index < -0.39 is 22.7 Å². The predicted octanol–water partition coefficient (Wildman–Crippen LogP) is -3.07. The average Bonchev–Trinajstić information content (AvgIpc) is 2.11. The second-order valence-corrected chi connectivity index (χ2v) is 1.96. The Labute approximate surface area is 80.3 Å². The molecule has 12 nitrogen and oxygen atoms in total. The van der Waals surface area contributed by atoms with Gasteiger partial charge in [-0.1, -0.05) is 4.98 Å². The van der Waals surface area contributed by atoms with Crippen LogP contribution >= 0.6 is 0 Å². The van der Waals surface area contributed by atoms with Crippen LogP contribution < -0.4 is 21.9 Å². The minimum Gasteiger partial charge on any atom is -0.381 e. The smallest absolute Gasteiger partial charge is 0.381 e. The first-order valence-electron chi connectivity index (χ1n) is 3.07. The van der Waals surface area contributed by atoms with Crippen molar-refractivity contribution < 1.29 is 20.2 Å². The van der Waals surface area contributed by atoms with Gasteiger partial charge in [0.25, 0.3) is 0 Å². The fraction of sp³-hybridized carbons (Fsp3) is 0. The highest BCUT2D eigenvalue weighted by atomic mass is 16.9. The Bertz CT molecular complexity index is 392. The molecule has 0 unspecified atom stereocenters. The summed E-state index contributed by atoms with van der Waals surface area (Å²) in [6.07, 6.45) is 0. The van der Waals surface area contributed by atoms with Gasteiger partial charge in [0, 0.05) is 0 Å². The molecule has 0 amide bonds. The third-order valence-electron chi connectivity index (χ3n) is 1.03. The van der Waals surface area contributed by atoms with Crippen LogP contribution in [0.5, 0.6) is 0 Å². The summed E-state index contributed by atoms with van der Waals surface area (Å²) in [7, 11) is 0. The molecule has 0 bridgehead atoms. The van der Waals surface area contributed by atoms with Crippen LogP contribution in [-0.2, 0) is 0 Å². The molecular weight excluding hydrogens is 216 g/mol. The summed E-state index contributed by atoms with van der Waals surface area (Å²) in [6.45, 7) is 0. The second kappa shape index (κ2) is 4.45. The second-order valence-electron chi connectivity index (χ2n) is 1.96. The van der Waals surface area contributed by atoms with Gasteiger partial charge < -0.3 is 37.2 Å². The normalized spacial score (nSPS) is 8.80. The topological polar surface area (TPSA) is 197 Å². The van der Waals surface area contributed by atoms with Crippen molar-refractivity contribution in [2.75, 3.05) is 11.5 Å². The number of hydrogen-bond donors (Lipinski definition) is 4. The number of nitrogen functional groups attached to an aromatic ring is 2. The molecule has 0 spiro atoms. The molecule has 12 heteroatoms. The fourth-order valence-electron chi connectivity index (χ4n) is 0.498. The molecule has 15 heavy (non-hydrogen) atoms. The summed E-state index contributed by atoms with van der Waals surface area (Å²) < 4.78 is -0.0628. The lowest BCUT2D eigenvalue weighted by molar-refractivity contribution is -0.909. The highest BCUT2D eigenvalue weighted by Gasteiger charge is 2.16. The molecule has 1 rings (SSSR count). The van der Waals surface area contributed by atoms with Crippen LogP contribution in [0.2, 0.25) is 0 Å². The fourth-order valence-corrected chi connectivity index (χ4v) is 0.498. The summed E-state index contributed by atoms with van der Waals surface area (Å²) in [4.78, 5) is 22.1. The third kappa shape index (κ3) is 3.21. The van der Waals surface area contributed by atoms with Gasteiger partial charge in [-0.15, -0.1) is 0 Å². The van der Waals surface area contributed by atoms with E-state index >= 15 is 0 Å². The Hall–Kier alpha value is -2.79. The minimum absolute atomic E-state index is 0.0314. The van der Waals surface area contributed by atoms with E-state index in [0.29, 0.717) is 0 Å². The molecule has 0 aliphatic rings. The van der Waals surface area contributed by atoms with Crippen LogP contribution in [-0.4, -0.2) is 25.2 Å². The highest BCUT2D eigenvalue weighted by molar-refractivity contribution is 5.19. The number of anilines is 2. The van der Waals surface area contributed by atoms with Gasteiger partial charge in [-0.05, 0) is 9.46 Å². The SMILES string of the molecule is Nc1nc(N)[n+](O)c(=O)n1O.O=[N+]([O-])[O-]. The molecule has 1 aromatic heterocycles. The van der Waals surface area contributed by atoms with E-state index in [1.807, 2.05) is 0 Å². The molecule has 0 aliphatic heterocycles. The van der Waals surface area contributed by atoms with Crippen LogP contribution in [0.4, 0.5) is 11.9 Å². The van der Waals surface area contributed by atoms with E-state index in [4.69, 9.17) is 37.2 Å². The highest BCUT2D eigenvalue weighted by Crippen LogP contribution is 1.87. The summed E-state index contributed by atoms with van der Waals surface area (Å²) >= 11 is 0. The lowest BCUT2D eigenvalue weighted by Crippen LogP contribution is -2.55. The summed E-state index contributed by atoms with van der Waals surface area (Å²) in [5.74, 6) is -0.976. The minimum atomic E-state index is -1.75. The van der Waals surface area contributed by atoms with E-state index in [0.717, 1.165) is 0 Å². The zero-order valence-electron chi connectivity index (χ0n) is 6.97. The van der Waals surface area contributed by atoms with Crippen molar-refractivity contribution in [2.45, 2.75) is 0 Å². The van der Waals surface area contributed by atoms with Gasteiger partial charge >= 0.3 is 17.6 Å². The van der Waals surface area contributed by atoms with E-state index in [2.05, 4.69) is 4.98 Å². The molecule has 0 aromatic carbocycles. The zero-order valence-corrected chi connectivity index (χ0v) is 6.97. The Morgan fingerprint density at radius 3 is 2.27 bits per heavy atom. The first-order chi connectivity index (χ1) is 6.77. The number of aromatic nitrogens is 3. The van der Waals surface area contributed by atoms with Crippen LogP contribution in [0.1, 0.15) is 0 Å². The lowest BCUT2D eigenvalue weighted by atomic mass is 10.9. The van der Waals surface area contributed by atoms with Crippen LogP contribution in [0, 0.1) is 15.3 Å². The average molecular weight is 222 g/mol. The molecule has 0 radical (unpaired) electrons. The van der Waals surface area contributed by atoms with Crippen LogP contribution in [0.15, 0.2) is 4.79 Å². The van der Waals surface area contributed by atoms with E-state index in [9.17, 15) is 4.79 Å². The van der Waals surface area contributed by atoms with Crippen molar-refractivity contribution in [1.82, 2.24) is 9.71 Å². The maximum atomic E-state index is 10.6. The molecular formula is C3H6N6O6. The molecule has 84 valence electrons. The quantitative estimate of drug-likeness (QED) is 0.152. The first-order valence-corrected chi connectivity index (χ1v) is 3.07. The van der Waals surface area contributed by atoms with Crippen molar-refractivity contribution in [3.8, 4) is 0 Å². The van der Waals surface area contributed by atoms with Gasteiger partial charge in [-0.25, -0.2) is 4.79 Å². The van der Waals surface area contributed by atoms with E-state index in [1.54, 1.807) is 0 Å². The largest absolute Gasteiger partial charge is 0.491 e. The first kappa shape index (κ1) is 12.2. The predicted molar refractivity (Wildman–Crippen MR) is 42.2 cm³/mol. The Balaban J connectivity index is 0.000000423. The third-order valence-corrected chi connectivity index (χ3v) is 1.03. The van der Waals surface area contributed by atoms with Gasteiger partial charge in [0.15, 0.2) is 0 Å². The van der Waals surface area contributed by atoms with Gasteiger partial charge in [-0.2, -0.15) is 0 Å². The number of nitrogens with zero attached hydrogens (tertiary/aromatic N) is 4. The van der Waals surface area contributed by atoms with Crippen LogP contribution in [0.3, 0.4) is 0 Å². The molecule has 6 N–H and O–H groups in total. The van der Waals surface area contributed by atoms with Crippen molar-refractivity contribution >= 4 is 11.9 Å². The van der Waals surface area contributed by atoms with Gasteiger partial charge in [0.2, 0.25) is 0 Å². The molecule has 0 aliphatic carbocycles. The summed E-state index contributed by atoms with van der Waals surface area (Å²) in [6, 6.07) is 0.